The third-order valence-corrected chi connectivity index (χ3v) is 6.88. The molecular weight excluding hydrogens is 536 g/mol. The summed E-state index contributed by atoms with van der Waals surface area (Å²) in [5.74, 6) is -0.899. The lowest BCUT2D eigenvalue weighted by Crippen LogP contribution is -2.35. The van der Waals surface area contributed by atoms with Crippen LogP contribution in [0.25, 0.3) is 11.0 Å². The van der Waals surface area contributed by atoms with E-state index >= 15 is 0 Å². The fourth-order valence-electron chi connectivity index (χ4n) is 4.67. The van der Waals surface area contributed by atoms with Crippen LogP contribution in [0.3, 0.4) is 0 Å². The lowest BCUT2D eigenvalue weighted by molar-refractivity contribution is -0.157. The zero-order valence-electron chi connectivity index (χ0n) is 23.4. The Morgan fingerprint density at radius 1 is 1.07 bits per heavy atom. The SMILES string of the molecule is CN(C)C1CCC(C(=O)Nc2c(C(=O)Nc3ccc(Cl)cn3)oc3cc(OCC(=O)OC(C)(C)C)ccc23)CC1. The molecule has 0 unspecified atom stereocenters. The molecule has 2 heterocycles. The van der Waals surface area contributed by atoms with Crippen molar-refractivity contribution in [2.45, 2.75) is 58.1 Å². The van der Waals surface area contributed by atoms with Crippen molar-refractivity contribution >= 4 is 51.9 Å². The normalized spacial score (nSPS) is 17.5. The molecule has 0 atom stereocenters. The predicted molar refractivity (Wildman–Crippen MR) is 153 cm³/mol. The summed E-state index contributed by atoms with van der Waals surface area (Å²) in [7, 11) is 4.10. The van der Waals surface area contributed by atoms with Gasteiger partial charge in [0.1, 0.15) is 28.4 Å². The number of fused-ring (bicyclic) bond motifs is 1. The van der Waals surface area contributed by atoms with Crippen LogP contribution in [-0.4, -0.2) is 60.0 Å². The zero-order valence-corrected chi connectivity index (χ0v) is 24.1. The predicted octanol–water partition coefficient (Wildman–Crippen LogP) is 5.51. The Kier molecular flexibility index (Phi) is 9.00. The Balaban J connectivity index is 1.58. The second-order valence-electron chi connectivity index (χ2n) is 11.1. The van der Waals surface area contributed by atoms with Crippen molar-refractivity contribution < 1.29 is 28.3 Å². The average molecular weight is 571 g/mol. The minimum Gasteiger partial charge on any atom is -0.482 e. The largest absolute Gasteiger partial charge is 0.482 e. The van der Waals surface area contributed by atoms with E-state index in [1.807, 2.05) is 0 Å². The van der Waals surface area contributed by atoms with E-state index in [1.165, 1.54) is 6.20 Å². The van der Waals surface area contributed by atoms with Crippen molar-refractivity contribution in [3.05, 3.63) is 47.3 Å². The molecule has 1 fully saturated rings. The van der Waals surface area contributed by atoms with Crippen LogP contribution in [0.15, 0.2) is 40.9 Å². The van der Waals surface area contributed by atoms with Crippen molar-refractivity contribution in [3.63, 3.8) is 0 Å². The molecule has 2 amide bonds. The number of amides is 2. The van der Waals surface area contributed by atoms with E-state index in [0.717, 1.165) is 25.7 Å². The van der Waals surface area contributed by atoms with Crippen LogP contribution in [-0.2, 0) is 14.3 Å². The molecule has 2 aromatic heterocycles. The van der Waals surface area contributed by atoms with Crippen molar-refractivity contribution in [2.24, 2.45) is 5.92 Å². The van der Waals surface area contributed by atoms with Crippen molar-refractivity contribution in [1.82, 2.24) is 9.88 Å². The number of ether oxygens (including phenoxy) is 2. The quantitative estimate of drug-likeness (QED) is 0.340. The van der Waals surface area contributed by atoms with Gasteiger partial charge in [-0.1, -0.05) is 11.6 Å². The van der Waals surface area contributed by atoms with E-state index in [0.29, 0.717) is 27.8 Å². The minimum atomic E-state index is -0.634. The third kappa shape index (κ3) is 7.51. The van der Waals surface area contributed by atoms with Crippen LogP contribution in [0.4, 0.5) is 11.5 Å². The second kappa shape index (κ2) is 12.3. The summed E-state index contributed by atoms with van der Waals surface area (Å²) >= 11 is 5.91. The number of hydrogen-bond acceptors (Lipinski definition) is 8. The summed E-state index contributed by atoms with van der Waals surface area (Å²) in [5, 5.41) is 6.59. The van der Waals surface area contributed by atoms with Gasteiger partial charge in [-0.15, -0.1) is 0 Å². The van der Waals surface area contributed by atoms with Gasteiger partial charge in [-0.25, -0.2) is 9.78 Å². The molecule has 0 bridgehead atoms. The van der Waals surface area contributed by atoms with E-state index < -0.39 is 17.5 Å². The Labute approximate surface area is 238 Å². The number of esters is 1. The summed E-state index contributed by atoms with van der Waals surface area (Å²) in [4.78, 5) is 45.0. The van der Waals surface area contributed by atoms with Crippen molar-refractivity contribution in [1.29, 1.82) is 0 Å². The number of pyridine rings is 1. The lowest BCUT2D eigenvalue weighted by Gasteiger charge is -2.31. The molecule has 4 rings (SSSR count). The van der Waals surface area contributed by atoms with Gasteiger partial charge in [0.05, 0.1) is 5.02 Å². The van der Waals surface area contributed by atoms with Gasteiger partial charge >= 0.3 is 5.97 Å². The van der Waals surface area contributed by atoms with Crippen LogP contribution in [0, 0.1) is 5.92 Å². The second-order valence-corrected chi connectivity index (χ2v) is 11.5. The summed E-state index contributed by atoms with van der Waals surface area (Å²) in [6.45, 7) is 5.03. The Morgan fingerprint density at radius 2 is 1.80 bits per heavy atom. The monoisotopic (exact) mass is 570 g/mol. The molecule has 10 nitrogen and oxygen atoms in total. The fourth-order valence-corrected chi connectivity index (χ4v) is 4.78. The first-order chi connectivity index (χ1) is 18.9. The molecule has 1 aliphatic rings. The number of aromatic nitrogens is 1. The molecule has 3 aromatic rings. The maximum Gasteiger partial charge on any atom is 0.344 e. The highest BCUT2D eigenvalue weighted by molar-refractivity contribution is 6.30. The summed E-state index contributed by atoms with van der Waals surface area (Å²) in [6, 6.07) is 8.50. The number of anilines is 2. The maximum absolute atomic E-state index is 13.3. The highest BCUT2D eigenvalue weighted by Gasteiger charge is 2.30. The number of rotatable bonds is 8. The molecule has 11 heteroatoms. The van der Waals surface area contributed by atoms with Crippen LogP contribution in [0.5, 0.6) is 5.75 Å². The average Bonchev–Trinajstić information content (AvgIpc) is 3.25. The van der Waals surface area contributed by atoms with E-state index in [9.17, 15) is 14.4 Å². The summed E-state index contributed by atoms with van der Waals surface area (Å²) in [6.07, 6.45) is 4.76. The minimum absolute atomic E-state index is 0.0774. The van der Waals surface area contributed by atoms with Crippen LogP contribution in [0.2, 0.25) is 5.02 Å². The van der Waals surface area contributed by atoms with E-state index in [-0.39, 0.29) is 35.7 Å². The molecule has 2 N–H and O–H groups in total. The van der Waals surface area contributed by atoms with Gasteiger partial charge in [0.2, 0.25) is 11.7 Å². The third-order valence-electron chi connectivity index (χ3n) is 6.66. The fraction of sp³-hybridized carbons (Fsp3) is 0.448. The molecule has 0 spiro atoms. The van der Waals surface area contributed by atoms with Gasteiger partial charge in [0, 0.05) is 29.6 Å². The molecule has 214 valence electrons. The smallest absolute Gasteiger partial charge is 0.344 e. The number of furan rings is 1. The van der Waals surface area contributed by atoms with E-state index in [2.05, 4.69) is 34.6 Å². The van der Waals surface area contributed by atoms with Crippen LogP contribution < -0.4 is 15.4 Å². The lowest BCUT2D eigenvalue weighted by atomic mass is 9.85. The van der Waals surface area contributed by atoms with Gasteiger partial charge in [-0.05, 0) is 84.8 Å². The maximum atomic E-state index is 13.3. The summed E-state index contributed by atoms with van der Waals surface area (Å²) < 4.78 is 16.8. The number of carbonyl (C=O) groups is 3. The van der Waals surface area contributed by atoms with Crippen molar-refractivity contribution in [3.8, 4) is 5.75 Å². The molecule has 0 aliphatic heterocycles. The van der Waals surface area contributed by atoms with Crippen LogP contribution in [0.1, 0.15) is 57.0 Å². The van der Waals surface area contributed by atoms with E-state index in [4.69, 9.17) is 25.5 Å². The molecule has 1 saturated carbocycles. The molecule has 1 aliphatic carbocycles. The Morgan fingerprint density at radius 3 is 2.42 bits per heavy atom. The molecular formula is C29H35ClN4O6. The van der Waals surface area contributed by atoms with Gasteiger partial charge in [-0.3, -0.25) is 9.59 Å². The Bertz CT molecular complexity index is 1370. The Hall–Kier alpha value is -3.63. The first kappa shape index (κ1) is 29.4. The standard InChI is InChI=1S/C29H35ClN4O6/c1-29(2,3)40-24(35)16-38-20-11-12-21-22(14-20)39-26(28(37)32-23-13-8-18(30)15-31-23)25(21)33-27(36)17-6-9-19(10-7-17)34(4)5/h8,11-15,17,19H,6-7,9-10,16H2,1-5H3,(H,33,36)(H,31,32,37). The van der Waals surface area contributed by atoms with Gasteiger partial charge in [-0.2, -0.15) is 0 Å². The van der Waals surface area contributed by atoms with Crippen molar-refractivity contribution in [2.75, 3.05) is 31.3 Å². The number of hydrogen-bond donors (Lipinski definition) is 2. The number of nitrogens with one attached hydrogen (secondary N) is 2. The molecule has 0 saturated heterocycles. The van der Waals surface area contributed by atoms with Gasteiger partial charge in [0.15, 0.2) is 6.61 Å². The zero-order chi connectivity index (χ0) is 29.0. The highest BCUT2D eigenvalue weighted by Crippen LogP contribution is 2.35. The first-order valence-electron chi connectivity index (χ1n) is 13.2. The topological polar surface area (TPSA) is 123 Å². The van der Waals surface area contributed by atoms with Gasteiger partial charge in [0.25, 0.3) is 5.91 Å². The van der Waals surface area contributed by atoms with E-state index in [1.54, 1.807) is 51.1 Å². The summed E-state index contributed by atoms with van der Waals surface area (Å²) in [5.41, 5.74) is -0.0618. The molecule has 1 aromatic carbocycles. The van der Waals surface area contributed by atoms with Crippen LogP contribution >= 0.6 is 11.6 Å². The highest BCUT2D eigenvalue weighted by atomic mass is 35.5. The first-order valence-corrected chi connectivity index (χ1v) is 13.6. The number of carbonyl (C=O) groups excluding carboxylic acids is 3. The molecule has 0 radical (unpaired) electrons. The number of nitrogens with zero attached hydrogens (tertiary/aromatic N) is 2. The molecule has 40 heavy (non-hydrogen) atoms. The van der Waals surface area contributed by atoms with Gasteiger partial charge < -0.3 is 29.4 Å². The number of halogens is 1. The number of benzene rings is 1.